The van der Waals surface area contributed by atoms with Gasteiger partial charge in [-0.15, -0.1) is 5.23 Å². The summed E-state index contributed by atoms with van der Waals surface area (Å²) in [5.74, 6) is 0. The van der Waals surface area contributed by atoms with E-state index in [1.54, 1.807) is 0 Å². The van der Waals surface area contributed by atoms with Crippen LogP contribution in [0.5, 0.6) is 0 Å². The third-order valence-electron chi connectivity index (χ3n) is 2.74. The van der Waals surface area contributed by atoms with Crippen molar-refractivity contribution in [3.63, 3.8) is 0 Å². The monoisotopic (exact) mass is 317 g/mol. The molecule has 8 heteroatoms. The molecule has 0 heterocycles. The number of sulfonamides is 1. The van der Waals surface area contributed by atoms with Crippen LogP contribution in [0.25, 0.3) is 0 Å². The van der Waals surface area contributed by atoms with Crippen molar-refractivity contribution < 1.29 is 18.1 Å². The number of anilines is 2. The first kappa shape index (κ1) is 17.7. The first-order valence-electron chi connectivity index (χ1n) is 6.81. The number of nitrogen functional groups attached to an aromatic ring is 1. The Morgan fingerprint density at radius 2 is 2.00 bits per heavy atom. The van der Waals surface area contributed by atoms with Crippen molar-refractivity contribution in [1.82, 2.24) is 0 Å². The molecule has 0 bridgehead atoms. The van der Waals surface area contributed by atoms with Gasteiger partial charge in [-0.25, -0.2) is 23.2 Å². The molecule has 0 aliphatic heterocycles. The average Bonchev–Trinajstić information content (AvgIpc) is 2.37. The molecule has 1 aromatic rings. The molecule has 7 nitrogen and oxygen atoms in total. The highest BCUT2D eigenvalue weighted by molar-refractivity contribution is 7.89. The Morgan fingerprint density at radius 1 is 1.33 bits per heavy atom. The van der Waals surface area contributed by atoms with Gasteiger partial charge < -0.3 is 5.73 Å². The molecule has 0 spiro atoms. The molecule has 1 atom stereocenters. The Kier molecular flexibility index (Phi) is 6.41. The van der Waals surface area contributed by atoms with Crippen molar-refractivity contribution in [1.29, 1.82) is 0 Å². The minimum atomic E-state index is -3.79. The standard InChI is InChI=1S/C13H23N3O4S/c1-4-6-10(3)20-16(19-5-2)13-8-7-11(9-12(13)14)21(15,17)18/h7-10H,4-6,14H2,1-3H3,(H2,15,17,18). The molecule has 0 aliphatic rings. The van der Waals surface area contributed by atoms with Gasteiger partial charge in [-0.1, -0.05) is 13.3 Å². The second kappa shape index (κ2) is 7.60. The van der Waals surface area contributed by atoms with E-state index in [9.17, 15) is 8.42 Å². The summed E-state index contributed by atoms with van der Waals surface area (Å²) in [5.41, 5.74) is 6.52. The molecule has 0 saturated heterocycles. The third-order valence-corrected chi connectivity index (χ3v) is 3.65. The summed E-state index contributed by atoms with van der Waals surface area (Å²) in [5, 5.41) is 6.30. The van der Waals surface area contributed by atoms with Crippen LogP contribution >= 0.6 is 0 Å². The molecule has 0 aromatic heterocycles. The molecule has 0 amide bonds. The zero-order valence-corrected chi connectivity index (χ0v) is 13.4. The topological polar surface area (TPSA) is 108 Å². The Bertz CT molecular complexity index is 563. The maximum atomic E-state index is 11.3. The summed E-state index contributed by atoms with van der Waals surface area (Å²) < 4.78 is 22.6. The zero-order valence-electron chi connectivity index (χ0n) is 12.6. The quantitative estimate of drug-likeness (QED) is 0.559. The van der Waals surface area contributed by atoms with Crippen LogP contribution in [0.15, 0.2) is 23.1 Å². The van der Waals surface area contributed by atoms with Gasteiger partial charge >= 0.3 is 0 Å². The van der Waals surface area contributed by atoms with Crippen LogP contribution in [-0.4, -0.2) is 21.1 Å². The van der Waals surface area contributed by atoms with E-state index in [1.165, 1.54) is 23.4 Å². The van der Waals surface area contributed by atoms with Crippen LogP contribution in [0.1, 0.15) is 33.6 Å². The van der Waals surface area contributed by atoms with E-state index >= 15 is 0 Å². The highest BCUT2D eigenvalue weighted by Crippen LogP contribution is 2.27. The minimum absolute atomic E-state index is 0.0539. The van der Waals surface area contributed by atoms with Crippen molar-refractivity contribution in [2.75, 3.05) is 17.6 Å². The molecule has 1 unspecified atom stereocenters. The molecular formula is C13H23N3O4S. The van der Waals surface area contributed by atoms with Crippen LogP contribution in [0.3, 0.4) is 0 Å². The molecule has 4 N–H and O–H groups in total. The summed E-state index contributed by atoms with van der Waals surface area (Å²) in [6.45, 7) is 6.18. The van der Waals surface area contributed by atoms with Crippen molar-refractivity contribution in [2.24, 2.45) is 5.14 Å². The molecular weight excluding hydrogens is 294 g/mol. The number of rotatable bonds is 8. The van der Waals surface area contributed by atoms with E-state index in [2.05, 4.69) is 6.92 Å². The Hall–Kier alpha value is -1.35. The second-order valence-electron chi connectivity index (χ2n) is 4.65. The SMILES string of the molecule is CCCC(C)ON(OCC)c1ccc(S(N)(=O)=O)cc1N. The maximum Gasteiger partial charge on any atom is 0.238 e. The lowest BCUT2D eigenvalue weighted by Gasteiger charge is -2.26. The highest BCUT2D eigenvalue weighted by Gasteiger charge is 2.17. The van der Waals surface area contributed by atoms with Crippen molar-refractivity contribution >= 4 is 21.4 Å². The summed E-state index contributed by atoms with van der Waals surface area (Å²) >= 11 is 0. The first-order chi connectivity index (χ1) is 9.79. The lowest BCUT2D eigenvalue weighted by atomic mass is 10.2. The molecule has 120 valence electrons. The summed E-state index contributed by atoms with van der Waals surface area (Å²) in [6.07, 6.45) is 1.78. The second-order valence-corrected chi connectivity index (χ2v) is 6.21. The van der Waals surface area contributed by atoms with Gasteiger partial charge in [0.15, 0.2) is 0 Å². The van der Waals surface area contributed by atoms with Gasteiger partial charge in [-0.2, -0.15) is 0 Å². The molecule has 0 radical (unpaired) electrons. The molecule has 0 saturated carbocycles. The van der Waals surface area contributed by atoms with Gasteiger partial charge in [0.2, 0.25) is 10.0 Å². The predicted molar refractivity (Wildman–Crippen MR) is 81.8 cm³/mol. The number of primary sulfonamides is 1. The predicted octanol–water partition coefficient (Wildman–Crippen LogP) is 1.79. The summed E-state index contributed by atoms with van der Waals surface area (Å²) in [6, 6.07) is 4.15. The maximum absolute atomic E-state index is 11.3. The van der Waals surface area contributed by atoms with E-state index < -0.39 is 10.0 Å². The molecule has 0 fully saturated rings. The van der Waals surface area contributed by atoms with Crippen LogP contribution in [0.4, 0.5) is 11.4 Å². The van der Waals surface area contributed by atoms with Crippen LogP contribution in [-0.2, 0) is 19.7 Å². The number of benzene rings is 1. The van der Waals surface area contributed by atoms with E-state index in [-0.39, 0.29) is 16.7 Å². The number of hydrogen-bond donors (Lipinski definition) is 2. The fourth-order valence-electron chi connectivity index (χ4n) is 1.77. The van der Waals surface area contributed by atoms with Gasteiger partial charge in [0.25, 0.3) is 0 Å². The Balaban J connectivity index is 3.03. The molecule has 1 rings (SSSR count). The van der Waals surface area contributed by atoms with Crippen molar-refractivity contribution in [3.8, 4) is 0 Å². The normalized spacial score (nSPS) is 13.1. The van der Waals surface area contributed by atoms with E-state index in [0.29, 0.717) is 12.3 Å². The Labute approximate surface area is 125 Å². The van der Waals surface area contributed by atoms with Gasteiger partial charge in [0, 0.05) is 0 Å². The fraction of sp³-hybridized carbons (Fsp3) is 0.538. The van der Waals surface area contributed by atoms with E-state index in [0.717, 1.165) is 12.8 Å². The van der Waals surface area contributed by atoms with Crippen molar-refractivity contribution in [2.45, 2.75) is 44.6 Å². The average molecular weight is 317 g/mol. The molecule has 21 heavy (non-hydrogen) atoms. The van der Waals surface area contributed by atoms with Crippen LogP contribution in [0.2, 0.25) is 0 Å². The number of nitrogens with two attached hydrogens (primary N) is 2. The first-order valence-corrected chi connectivity index (χ1v) is 8.36. The number of nitrogens with zero attached hydrogens (tertiary/aromatic N) is 1. The largest absolute Gasteiger partial charge is 0.397 e. The number of hydrogen-bond acceptors (Lipinski definition) is 6. The molecule has 0 aliphatic carbocycles. The summed E-state index contributed by atoms with van der Waals surface area (Å²) in [4.78, 5) is 11.0. The minimum Gasteiger partial charge on any atom is -0.397 e. The zero-order chi connectivity index (χ0) is 16.0. The fourth-order valence-corrected chi connectivity index (χ4v) is 2.32. The van der Waals surface area contributed by atoms with Gasteiger partial charge in [0.05, 0.1) is 23.3 Å². The van der Waals surface area contributed by atoms with E-state index in [4.69, 9.17) is 20.5 Å². The van der Waals surface area contributed by atoms with E-state index in [1.807, 2.05) is 13.8 Å². The lowest BCUT2D eigenvalue weighted by Crippen LogP contribution is -2.29. The van der Waals surface area contributed by atoms with Gasteiger partial charge in [-0.05, 0) is 38.5 Å². The van der Waals surface area contributed by atoms with Gasteiger partial charge in [0.1, 0.15) is 5.69 Å². The highest BCUT2D eigenvalue weighted by atomic mass is 32.2. The van der Waals surface area contributed by atoms with Crippen LogP contribution in [0, 0.1) is 0 Å². The molecule has 1 aromatic carbocycles. The third kappa shape index (κ3) is 5.16. The van der Waals surface area contributed by atoms with Crippen LogP contribution < -0.4 is 16.1 Å². The van der Waals surface area contributed by atoms with Crippen molar-refractivity contribution in [3.05, 3.63) is 18.2 Å². The summed E-state index contributed by atoms with van der Waals surface area (Å²) in [7, 11) is -3.79. The lowest BCUT2D eigenvalue weighted by molar-refractivity contribution is -0.116. The Morgan fingerprint density at radius 3 is 2.48 bits per heavy atom. The van der Waals surface area contributed by atoms with Gasteiger partial charge in [-0.3, -0.25) is 0 Å². The smallest absolute Gasteiger partial charge is 0.238 e.